The Balaban J connectivity index is 1.86. The summed E-state index contributed by atoms with van der Waals surface area (Å²) in [5.41, 5.74) is 1.36. The van der Waals surface area contributed by atoms with Crippen molar-refractivity contribution < 1.29 is 9.90 Å². The van der Waals surface area contributed by atoms with Gasteiger partial charge in [0.05, 0.1) is 5.92 Å². The van der Waals surface area contributed by atoms with Gasteiger partial charge in [0.15, 0.2) is 0 Å². The van der Waals surface area contributed by atoms with Crippen molar-refractivity contribution >= 4 is 17.6 Å². The Labute approximate surface area is 100 Å². The fourth-order valence-electron chi connectivity index (χ4n) is 2.25. The molecule has 0 aromatic rings. The summed E-state index contributed by atoms with van der Waals surface area (Å²) in [7, 11) is 0. The van der Waals surface area contributed by atoms with Crippen LogP contribution in [-0.4, -0.2) is 35.6 Å². The summed E-state index contributed by atoms with van der Waals surface area (Å²) in [6.45, 7) is 2.47. The van der Waals surface area contributed by atoms with Crippen LogP contribution in [0.1, 0.15) is 19.3 Å². The molecule has 2 rings (SSSR count). The Kier molecular flexibility index (Phi) is 3.66. The van der Waals surface area contributed by atoms with Crippen LogP contribution in [0.5, 0.6) is 0 Å². The highest BCUT2D eigenvalue weighted by molar-refractivity contribution is 6.29. The normalized spacial score (nSPS) is 26.4. The van der Waals surface area contributed by atoms with Crippen LogP contribution in [0.3, 0.4) is 0 Å². The highest BCUT2D eigenvalue weighted by atomic mass is 35.5. The van der Waals surface area contributed by atoms with Gasteiger partial charge in [-0.05, 0) is 31.9 Å². The average Bonchev–Trinajstić information content (AvgIpc) is 2.70. The van der Waals surface area contributed by atoms with E-state index in [-0.39, 0.29) is 5.92 Å². The maximum absolute atomic E-state index is 10.8. The smallest absolute Gasteiger partial charge is 0.307 e. The number of carbonyl (C=O) groups is 1. The molecular formula is C12H16ClNO2. The molecule has 0 bridgehead atoms. The van der Waals surface area contributed by atoms with E-state index >= 15 is 0 Å². The van der Waals surface area contributed by atoms with Crippen LogP contribution in [0.4, 0.5) is 0 Å². The van der Waals surface area contributed by atoms with E-state index in [4.69, 9.17) is 16.7 Å². The van der Waals surface area contributed by atoms with Gasteiger partial charge >= 0.3 is 5.97 Å². The van der Waals surface area contributed by atoms with Gasteiger partial charge in [-0.2, -0.15) is 0 Å². The molecule has 1 aliphatic carbocycles. The number of nitrogens with zero attached hydrogens (tertiary/aromatic N) is 1. The van der Waals surface area contributed by atoms with E-state index < -0.39 is 5.97 Å². The van der Waals surface area contributed by atoms with Crippen LogP contribution >= 0.6 is 11.6 Å². The summed E-state index contributed by atoms with van der Waals surface area (Å²) in [4.78, 5) is 13.0. The molecule has 0 amide bonds. The molecule has 16 heavy (non-hydrogen) atoms. The molecule has 0 radical (unpaired) electrons. The second kappa shape index (κ2) is 5.02. The molecule has 1 saturated heterocycles. The Morgan fingerprint density at radius 1 is 1.50 bits per heavy atom. The van der Waals surface area contributed by atoms with Gasteiger partial charge in [-0.25, -0.2) is 0 Å². The largest absolute Gasteiger partial charge is 0.481 e. The van der Waals surface area contributed by atoms with Crippen LogP contribution in [0.15, 0.2) is 22.8 Å². The lowest BCUT2D eigenvalue weighted by Gasteiger charge is -2.19. The summed E-state index contributed by atoms with van der Waals surface area (Å²) in [6.07, 6.45) is 6.72. The number of carboxylic acids is 1. The Bertz CT molecular complexity index is 349. The fraction of sp³-hybridized carbons (Fsp3) is 0.583. The Morgan fingerprint density at radius 3 is 2.88 bits per heavy atom. The summed E-state index contributed by atoms with van der Waals surface area (Å²) in [6, 6.07) is 0. The highest BCUT2D eigenvalue weighted by Crippen LogP contribution is 2.24. The first-order valence-corrected chi connectivity index (χ1v) is 6.02. The number of hydrogen-bond donors (Lipinski definition) is 1. The van der Waals surface area contributed by atoms with E-state index in [1.165, 1.54) is 5.57 Å². The predicted octanol–water partition coefficient (Wildman–Crippen LogP) is 2.24. The topological polar surface area (TPSA) is 40.5 Å². The van der Waals surface area contributed by atoms with Crippen molar-refractivity contribution in [2.45, 2.75) is 19.3 Å². The first kappa shape index (κ1) is 11.7. The van der Waals surface area contributed by atoms with Gasteiger partial charge in [-0.15, -0.1) is 0 Å². The molecule has 1 N–H and O–H groups in total. The quantitative estimate of drug-likeness (QED) is 0.824. The van der Waals surface area contributed by atoms with Gasteiger partial charge in [-0.1, -0.05) is 23.3 Å². The summed E-state index contributed by atoms with van der Waals surface area (Å²) >= 11 is 5.89. The molecule has 1 heterocycles. The Morgan fingerprint density at radius 2 is 2.31 bits per heavy atom. The minimum absolute atomic E-state index is 0.177. The number of halogens is 1. The molecule has 2 aliphatic rings. The Hall–Kier alpha value is -0.800. The highest BCUT2D eigenvalue weighted by Gasteiger charge is 2.28. The van der Waals surface area contributed by atoms with Crippen LogP contribution in [0.2, 0.25) is 0 Å². The third kappa shape index (κ3) is 2.86. The molecule has 0 spiro atoms. The van der Waals surface area contributed by atoms with Crippen LogP contribution < -0.4 is 0 Å². The molecule has 1 fully saturated rings. The zero-order valence-electron chi connectivity index (χ0n) is 9.16. The van der Waals surface area contributed by atoms with Gasteiger partial charge in [0, 0.05) is 18.1 Å². The van der Waals surface area contributed by atoms with Crippen LogP contribution in [-0.2, 0) is 4.79 Å². The molecule has 0 saturated carbocycles. The molecule has 1 atom stereocenters. The van der Waals surface area contributed by atoms with E-state index in [1.54, 1.807) is 0 Å². The monoisotopic (exact) mass is 241 g/mol. The van der Waals surface area contributed by atoms with Crippen LogP contribution in [0, 0.1) is 5.92 Å². The minimum atomic E-state index is -0.664. The number of hydrogen-bond acceptors (Lipinski definition) is 2. The van der Waals surface area contributed by atoms with Crippen molar-refractivity contribution in [1.29, 1.82) is 0 Å². The van der Waals surface area contributed by atoms with Gasteiger partial charge in [0.2, 0.25) is 0 Å². The summed E-state index contributed by atoms with van der Waals surface area (Å²) in [5, 5.41) is 9.81. The zero-order valence-corrected chi connectivity index (χ0v) is 9.91. The second-order valence-electron chi connectivity index (χ2n) is 4.50. The number of aliphatic carboxylic acids is 1. The van der Waals surface area contributed by atoms with Gasteiger partial charge in [0.1, 0.15) is 0 Å². The van der Waals surface area contributed by atoms with Gasteiger partial charge < -0.3 is 5.11 Å². The third-order valence-electron chi connectivity index (χ3n) is 3.23. The minimum Gasteiger partial charge on any atom is -0.481 e. The number of rotatable bonds is 3. The van der Waals surface area contributed by atoms with Crippen molar-refractivity contribution in [1.82, 2.24) is 4.90 Å². The van der Waals surface area contributed by atoms with Crippen molar-refractivity contribution in [2.24, 2.45) is 5.92 Å². The predicted molar refractivity (Wildman–Crippen MR) is 63.4 cm³/mol. The van der Waals surface area contributed by atoms with E-state index in [9.17, 15) is 4.79 Å². The number of carboxylic acid groups (broad SMARTS) is 1. The van der Waals surface area contributed by atoms with E-state index in [2.05, 4.69) is 11.0 Å². The number of allylic oxidation sites excluding steroid dienone is 3. The molecule has 0 aromatic carbocycles. The fourth-order valence-corrected chi connectivity index (χ4v) is 2.41. The first-order valence-electron chi connectivity index (χ1n) is 5.64. The van der Waals surface area contributed by atoms with Crippen molar-refractivity contribution in [3.63, 3.8) is 0 Å². The molecular weight excluding hydrogens is 226 g/mol. The maximum Gasteiger partial charge on any atom is 0.307 e. The van der Waals surface area contributed by atoms with Crippen molar-refractivity contribution in [3.05, 3.63) is 22.8 Å². The lowest BCUT2D eigenvalue weighted by molar-refractivity contribution is -0.141. The standard InChI is InChI=1S/C12H16ClNO2/c13-11-3-1-9(2-4-11)7-14-6-5-10(8-14)12(15)16/h1,3,10H,2,4-8H2,(H,15,16). The van der Waals surface area contributed by atoms with Crippen LogP contribution in [0.25, 0.3) is 0 Å². The second-order valence-corrected chi connectivity index (χ2v) is 4.98. The van der Waals surface area contributed by atoms with Gasteiger partial charge in [-0.3, -0.25) is 9.69 Å². The average molecular weight is 242 g/mol. The maximum atomic E-state index is 10.8. The van der Waals surface area contributed by atoms with Crippen molar-refractivity contribution in [2.75, 3.05) is 19.6 Å². The van der Waals surface area contributed by atoms with Gasteiger partial charge in [0.25, 0.3) is 0 Å². The van der Waals surface area contributed by atoms with Crippen molar-refractivity contribution in [3.8, 4) is 0 Å². The third-order valence-corrected chi connectivity index (χ3v) is 3.55. The first-order chi connectivity index (χ1) is 7.65. The number of likely N-dealkylation sites (tertiary alicyclic amines) is 1. The summed E-state index contributed by atoms with van der Waals surface area (Å²) in [5.74, 6) is -0.841. The zero-order chi connectivity index (χ0) is 11.5. The summed E-state index contributed by atoms with van der Waals surface area (Å²) < 4.78 is 0. The molecule has 88 valence electrons. The van der Waals surface area contributed by atoms with E-state index in [0.717, 1.165) is 37.4 Å². The lowest BCUT2D eigenvalue weighted by Crippen LogP contribution is -2.25. The molecule has 3 nitrogen and oxygen atoms in total. The molecule has 0 aromatic heterocycles. The lowest BCUT2D eigenvalue weighted by atomic mass is 10.0. The molecule has 1 unspecified atom stereocenters. The van der Waals surface area contributed by atoms with E-state index in [0.29, 0.717) is 6.54 Å². The molecule has 4 heteroatoms. The SMILES string of the molecule is O=C(O)C1CCN(CC2=CC=C(Cl)CC2)C1. The van der Waals surface area contributed by atoms with E-state index in [1.807, 2.05) is 6.08 Å². The molecule has 1 aliphatic heterocycles.